The van der Waals surface area contributed by atoms with Gasteiger partial charge in [-0.05, 0) is 42.2 Å². The van der Waals surface area contributed by atoms with Crippen molar-refractivity contribution in [3.05, 3.63) is 66.2 Å². The Hall–Kier alpha value is -2.84. The topological polar surface area (TPSA) is 89.3 Å². The minimum absolute atomic E-state index is 0.0477. The number of carbonyl (C=O) groups is 1. The zero-order valence-corrected chi connectivity index (χ0v) is 15.8. The van der Waals surface area contributed by atoms with E-state index in [2.05, 4.69) is 15.4 Å². The first-order chi connectivity index (χ1) is 13.1. The van der Waals surface area contributed by atoms with Crippen molar-refractivity contribution >= 4 is 23.4 Å². The second-order valence-corrected chi connectivity index (χ2v) is 6.64. The molecule has 0 bridgehead atoms. The zero-order chi connectivity index (χ0) is 19.2. The number of rotatable bonds is 7. The van der Waals surface area contributed by atoms with Gasteiger partial charge in [-0.3, -0.25) is 4.79 Å². The fourth-order valence-electron chi connectivity index (χ4n) is 2.48. The van der Waals surface area contributed by atoms with E-state index in [1.807, 2.05) is 30.5 Å². The van der Waals surface area contributed by atoms with Gasteiger partial charge in [-0.1, -0.05) is 18.2 Å². The highest BCUT2D eigenvalue weighted by Gasteiger charge is 2.15. The third-order valence-electron chi connectivity index (χ3n) is 3.93. The minimum Gasteiger partial charge on any atom is -0.497 e. The number of thioether (sulfide) groups is 1. The Bertz CT molecular complexity index is 911. The molecule has 3 aromatic rings. The summed E-state index contributed by atoms with van der Waals surface area (Å²) in [6.07, 6.45) is 2.63. The molecular weight excluding hydrogens is 364 g/mol. The second-order valence-electron chi connectivity index (χ2n) is 5.77. The first kappa shape index (κ1) is 18.9. The predicted molar refractivity (Wildman–Crippen MR) is 104 cm³/mol. The first-order valence-electron chi connectivity index (χ1n) is 8.26. The Kier molecular flexibility index (Phi) is 6.10. The lowest BCUT2D eigenvalue weighted by atomic mass is 10.1. The van der Waals surface area contributed by atoms with Gasteiger partial charge >= 0.3 is 0 Å². The lowest BCUT2D eigenvalue weighted by molar-refractivity contribution is 0.101. The van der Waals surface area contributed by atoms with Crippen LogP contribution in [0.15, 0.2) is 59.8 Å². The molecule has 1 unspecified atom stereocenters. The molecule has 140 valence electrons. The number of anilines is 1. The number of hydrogen-bond donors (Lipinski definition) is 2. The van der Waals surface area contributed by atoms with E-state index in [9.17, 15) is 9.90 Å². The standard InChI is InChI=1S/C19H20N4O3S/c1-26-15-8-6-13(7-9-15)17(24)11-23-12-20-18(22-23)19(25)21-14-4-3-5-16(10-14)27-2/h3-10,12,17,24H,11H2,1-2H3,(H,21,25). The number of aromatic nitrogens is 3. The lowest BCUT2D eigenvalue weighted by Gasteiger charge is -2.11. The van der Waals surface area contributed by atoms with Crippen molar-refractivity contribution in [2.24, 2.45) is 0 Å². The number of methoxy groups -OCH3 is 1. The van der Waals surface area contributed by atoms with Crippen LogP contribution in [-0.2, 0) is 6.54 Å². The Morgan fingerprint density at radius 3 is 2.78 bits per heavy atom. The van der Waals surface area contributed by atoms with E-state index in [0.29, 0.717) is 5.69 Å². The zero-order valence-electron chi connectivity index (χ0n) is 15.0. The van der Waals surface area contributed by atoms with Crippen LogP contribution in [0.5, 0.6) is 5.75 Å². The molecule has 0 aliphatic heterocycles. The molecule has 0 fully saturated rings. The van der Waals surface area contributed by atoms with Crippen LogP contribution in [0.1, 0.15) is 22.3 Å². The average Bonchev–Trinajstić information content (AvgIpc) is 3.17. The van der Waals surface area contributed by atoms with Crippen molar-refractivity contribution in [2.45, 2.75) is 17.5 Å². The number of carbonyl (C=O) groups excluding carboxylic acids is 1. The second kappa shape index (κ2) is 8.70. The van der Waals surface area contributed by atoms with E-state index in [-0.39, 0.29) is 12.4 Å². The average molecular weight is 384 g/mol. The molecule has 1 aromatic heterocycles. The summed E-state index contributed by atoms with van der Waals surface area (Å²) in [6, 6.07) is 14.7. The summed E-state index contributed by atoms with van der Waals surface area (Å²) in [5.74, 6) is 0.369. The molecule has 8 heteroatoms. The van der Waals surface area contributed by atoms with Crippen LogP contribution in [0.3, 0.4) is 0 Å². The molecule has 2 aromatic carbocycles. The Labute approximate surface area is 161 Å². The third kappa shape index (κ3) is 4.87. The van der Waals surface area contributed by atoms with Gasteiger partial charge in [0, 0.05) is 10.6 Å². The maximum absolute atomic E-state index is 12.3. The molecular formula is C19H20N4O3S. The van der Waals surface area contributed by atoms with E-state index in [1.54, 1.807) is 43.1 Å². The maximum atomic E-state index is 12.3. The van der Waals surface area contributed by atoms with Crippen molar-refractivity contribution in [3.8, 4) is 5.75 Å². The molecule has 0 spiro atoms. The monoisotopic (exact) mass is 384 g/mol. The van der Waals surface area contributed by atoms with Crippen LogP contribution in [-0.4, -0.2) is 39.1 Å². The molecule has 0 radical (unpaired) electrons. The predicted octanol–water partition coefficient (Wildman–Crippen LogP) is 2.99. The molecule has 7 nitrogen and oxygen atoms in total. The van der Waals surface area contributed by atoms with Crippen molar-refractivity contribution in [1.82, 2.24) is 14.8 Å². The summed E-state index contributed by atoms with van der Waals surface area (Å²) in [6.45, 7) is 0.189. The van der Waals surface area contributed by atoms with Crippen molar-refractivity contribution < 1.29 is 14.6 Å². The largest absolute Gasteiger partial charge is 0.497 e. The van der Waals surface area contributed by atoms with E-state index < -0.39 is 12.0 Å². The SMILES string of the molecule is COc1ccc(C(O)Cn2cnc(C(=O)Nc3cccc(SC)c3)n2)cc1. The number of nitrogens with one attached hydrogen (secondary N) is 1. The lowest BCUT2D eigenvalue weighted by Crippen LogP contribution is -2.15. The smallest absolute Gasteiger partial charge is 0.295 e. The quantitative estimate of drug-likeness (QED) is 0.609. The van der Waals surface area contributed by atoms with Gasteiger partial charge < -0.3 is 15.2 Å². The van der Waals surface area contributed by atoms with Gasteiger partial charge in [-0.2, -0.15) is 0 Å². The van der Waals surface area contributed by atoms with Gasteiger partial charge in [0.05, 0.1) is 19.8 Å². The number of ether oxygens (including phenoxy) is 1. The minimum atomic E-state index is -0.772. The number of amides is 1. The van der Waals surface area contributed by atoms with Gasteiger partial charge in [0.15, 0.2) is 0 Å². The number of aliphatic hydroxyl groups is 1. The fraction of sp³-hybridized carbons (Fsp3) is 0.211. The number of benzene rings is 2. The van der Waals surface area contributed by atoms with Gasteiger partial charge in [-0.25, -0.2) is 9.67 Å². The highest BCUT2D eigenvalue weighted by molar-refractivity contribution is 7.98. The summed E-state index contributed by atoms with van der Waals surface area (Å²) >= 11 is 1.59. The van der Waals surface area contributed by atoms with Crippen molar-refractivity contribution in [2.75, 3.05) is 18.7 Å². The molecule has 1 atom stereocenters. The number of aliphatic hydroxyl groups excluding tert-OH is 1. The highest BCUT2D eigenvalue weighted by atomic mass is 32.2. The summed E-state index contributed by atoms with van der Waals surface area (Å²) in [5, 5.41) is 17.3. The molecule has 27 heavy (non-hydrogen) atoms. The first-order valence-corrected chi connectivity index (χ1v) is 9.48. The van der Waals surface area contributed by atoms with Gasteiger partial charge in [0.2, 0.25) is 5.82 Å². The molecule has 2 N–H and O–H groups in total. The van der Waals surface area contributed by atoms with Gasteiger partial charge in [0.1, 0.15) is 12.1 Å². The van der Waals surface area contributed by atoms with Gasteiger partial charge in [-0.15, -0.1) is 16.9 Å². The molecule has 1 heterocycles. The van der Waals surface area contributed by atoms with Crippen LogP contribution in [0.25, 0.3) is 0 Å². The van der Waals surface area contributed by atoms with Crippen LogP contribution in [0, 0.1) is 0 Å². The molecule has 0 aliphatic rings. The highest BCUT2D eigenvalue weighted by Crippen LogP contribution is 2.20. The number of nitrogens with zero attached hydrogens (tertiary/aromatic N) is 3. The Morgan fingerprint density at radius 1 is 1.30 bits per heavy atom. The van der Waals surface area contributed by atoms with Crippen LogP contribution in [0.4, 0.5) is 5.69 Å². The van der Waals surface area contributed by atoms with E-state index in [0.717, 1.165) is 16.2 Å². The summed E-state index contributed by atoms with van der Waals surface area (Å²) in [4.78, 5) is 17.4. The Morgan fingerprint density at radius 2 is 2.07 bits per heavy atom. The molecule has 1 amide bonds. The molecule has 0 saturated carbocycles. The van der Waals surface area contributed by atoms with E-state index in [1.165, 1.54) is 11.0 Å². The van der Waals surface area contributed by atoms with Gasteiger partial charge in [0.25, 0.3) is 5.91 Å². The normalized spacial score (nSPS) is 11.8. The Balaban J connectivity index is 1.63. The maximum Gasteiger partial charge on any atom is 0.295 e. The van der Waals surface area contributed by atoms with Crippen LogP contribution < -0.4 is 10.1 Å². The van der Waals surface area contributed by atoms with Crippen LogP contribution >= 0.6 is 11.8 Å². The van der Waals surface area contributed by atoms with Crippen LogP contribution in [0.2, 0.25) is 0 Å². The summed E-state index contributed by atoms with van der Waals surface area (Å²) in [7, 11) is 1.59. The fourth-order valence-corrected chi connectivity index (χ4v) is 2.94. The third-order valence-corrected chi connectivity index (χ3v) is 4.65. The van der Waals surface area contributed by atoms with E-state index in [4.69, 9.17) is 4.74 Å². The molecule has 0 saturated heterocycles. The number of hydrogen-bond acceptors (Lipinski definition) is 6. The van der Waals surface area contributed by atoms with Crippen molar-refractivity contribution in [1.29, 1.82) is 0 Å². The molecule has 0 aliphatic carbocycles. The molecule has 3 rings (SSSR count). The van der Waals surface area contributed by atoms with Crippen molar-refractivity contribution in [3.63, 3.8) is 0 Å². The summed E-state index contributed by atoms with van der Waals surface area (Å²) in [5.41, 5.74) is 1.41. The summed E-state index contributed by atoms with van der Waals surface area (Å²) < 4.78 is 6.55. The van der Waals surface area contributed by atoms with E-state index >= 15 is 0 Å².